The number of anilines is 1. The maximum atomic E-state index is 12.4. The van der Waals surface area contributed by atoms with Gasteiger partial charge < -0.3 is 10.2 Å². The molecular formula is C18H13ClN4O3S. The Morgan fingerprint density at radius 2 is 1.96 bits per heavy atom. The summed E-state index contributed by atoms with van der Waals surface area (Å²) in [5.41, 5.74) is 0.828. The zero-order valence-corrected chi connectivity index (χ0v) is 15.4. The highest BCUT2D eigenvalue weighted by Gasteiger charge is 2.18. The second-order valence-electron chi connectivity index (χ2n) is 5.68. The molecule has 7 nitrogen and oxygen atoms in total. The standard InChI is InChI=1S/C18H13ClN4O3S/c1-21-18-14-9-12(10-16(27(20,25)26)13(14)6-7-22-18)23-17(24)8-11-4-2-3-5-15(11)19/h2-7,9-10H,8H2,(H,23,24)(H2,20,25,26). The summed E-state index contributed by atoms with van der Waals surface area (Å²) >= 11 is 6.06. The molecule has 0 radical (unpaired) electrons. The summed E-state index contributed by atoms with van der Waals surface area (Å²) in [6.45, 7) is 7.22. The summed E-state index contributed by atoms with van der Waals surface area (Å²) in [5, 5.41) is 8.93. The number of halogens is 1. The van der Waals surface area contributed by atoms with Crippen LogP contribution in [0.2, 0.25) is 5.02 Å². The molecule has 1 aromatic heterocycles. The van der Waals surface area contributed by atoms with Crippen LogP contribution in [0.4, 0.5) is 11.5 Å². The van der Waals surface area contributed by atoms with Crippen LogP contribution in [-0.4, -0.2) is 19.3 Å². The molecular weight excluding hydrogens is 388 g/mol. The van der Waals surface area contributed by atoms with E-state index in [9.17, 15) is 13.2 Å². The van der Waals surface area contributed by atoms with Gasteiger partial charge in [0.25, 0.3) is 5.82 Å². The van der Waals surface area contributed by atoms with Gasteiger partial charge in [-0.25, -0.2) is 13.6 Å². The molecule has 0 aliphatic heterocycles. The summed E-state index contributed by atoms with van der Waals surface area (Å²) in [5.74, 6) is -0.379. The van der Waals surface area contributed by atoms with Crippen LogP contribution < -0.4 is 10.5 Å². The number of carbonyl (C=O) groups is 1. The monoisotopic (exact) mass is 400 g/mol. The molecule has 136 valence electrons. The number of benzene rings is 2. The van der Waals surface area contributed by atoms with E-state index in [4.69, 9.17) is 23.3 Å². The number of carbonyl (C=O) groups excluding carboxylic acids is 1. The lowest BCUT2D eigenvalue weighted by atomic mass is 10.1. The Bertz CT molecular complexity index is 1200. The Kier molecular flexibility index (Phi) is 5.10. The van der Waals surface area contributed by atoms with E-state index in [2.05, 4.69) is 15.1 Å². The number of pyridine rings is 1. The van der Waals surface area contributed by atoms with Crippen LogP contribution in [0, 0.1) is 6.57 Å². The van der Waals surface area contributed by atoms with Crippen LogP contribution in [0.15, 0.2) is 53.6 Å². The molecule has 0 fully saturated rings. The topological polar surface area (TPSA) is 107 Å². The lowest BCUT2D eigenvalue weighted by molar-refractivity contribution is -0.115. The van der Waals surface area contributed by atoms with Crippen LogP contribution in [0.25, 0.3) is 15.6 Å². The van der Waals surface area contributed by atoms with Gasteiger partial charge in [0.1, 0.15) is 6.20 Å². The molecule has 1 heterocycles. The minimum atomic E-state index is -4.08. The van der Waals surface area contributed by atoms with Crippen molar-refractivity contribution >= 4 is 49.8 Å². The Morgan fingerprint density at radius 1 is 1.22 bits per heavy atom. The molecule has 0 saturated carbocycles. The second-order valence-corrected chi connectivity index (χ2v) is 7.61. The molecule has 0 aliphatic rings. The van der Waals surface area contributed by atoms with Gasteiger partial charge in [-0.1, -0.05) is 36.4 Å². The van der Waals surface area contributed by atoms with E-state index in [-0.39, 0.29) is 33.6 Å². The Labute approximate surface area is 160 Å². The summed E-state index contributed by atoms with van der Waals surface area (Å²) in [6.07, 6.45) is 1.34. The SMILES string of the molecule is [C-]#[N+]c1nccc2c(S(N)(=O)=O)cc(NC(=O)Cc3ccccc3Cl)cc12. The Balaban J connectivity index is 2.03. The first kappa shape index (κ1) is 18.8. The van der Waals surface area contributed by atoms with Crippen molar-refractivity contribution in [3.63, 3.8) is 0 Å². The van der Waals surface area contributed by atoms with Gasteiger partial charge in [0, 0.05) is 16.1 Å². The van der Waals surface area contributed by atoms with Crippen LogP contribution in [0.3, 0.4) is 0 Å². The normalized spacial score (nSPS) is 11.1. The quantitative estimate of drug-likeness (QED) is 0.655. The largest absolute Gasteiger partial charge is 0.360 e. The third-order valence-corrected chi connectivity index (χ3v) is 5.15. The average molecular weight is 401 g/mol. The smallest absolute Gasteiger partial charge is 0.277 e. The maximum Gasteiger partial charge on any atom is 0.277 e. The predicted molar refractivity (Wildman–Crippen MR) is 103 cm³/mol. The number of rotatable bonds is 4. The van der Waals surface area contributed by atoms with Gasteiger partial charge in [-0.05, 0) is 35.2 Å². The number of aromatic nitrogens is 1. The molecule has 0 spiro atoms. The maximum absolute atomic E-state index is 12.4. The molecule has 0 aliphatic carbocycles. The number of fused-ring (bicyclic) bond motifs is 1. The molecule has 2 aromatic carbocycles. The fourth-order valence-corrected chi connectivity index (χ4v) is 3.63. The van der Waals surface area contributed by atoms with Gasteiger partial charge >= 0.3 is 0 Å². The number of amides is 1. The molecule has 0 unspecified atom stereocenters. The Hall–Kier alpha value is -2.99. The predicted octanol–water partition coefficient (Wildman–Crippen LogP) is 3.27. The summed E-state index contributed by atoms with van der Waals surface area (Å²) in [4.78, 5) is 19.4. The zero-order chi connectivity index (χ0) is 19.6. The van der Waals surface area contributed by atoms with Crippen molar-refractivity contribution in [2.45, 2.75) is 11.3 Å². The molecule has 3 rings (SSSR count). The molecule has 0 bridgehead atoms. The van der Waals surface area contributed by atoms with E-state index in [0.717, 1.165) is 0 Å². The molecule has 27 heavy (non-hydrogen) atoms. The first-order chi connectivity index (χ1) is 12.8. The number of hydrogen-bond donors (Lipinski definition) is 2. The van der Waals surface area contributed by atoms with E-state index in [0.29, 0.717) is 10.6 Å². The van der Waals surface area contributed by atoms with E-state index in [1.54, 1.807) is 24.3 Å². The molecule has 0 saturated heterocycles. The van der Waals surface area contributed by atoms with Crippen LogP contribution in [0.1, 0.15) is 5.56 Å². The van der Waals surface area contributed by atoms with Crippen LogP contribution in [-0.2, 0) is 21.2 Å². The number of nitrogens with two attached hydrogens (primary N) is 1. The van der Waals surface area contributed by atoms with Gasteiger partial charge in [-0.15, -0.1) is 4.98 Å². The fraction of sp³-hybridized carbons (Fsp3) is 0.0556. The number of nitrogens with one attached hydrogen (secondary N) is 1. The van der Waals surface area contributed by atoms with Crippen LogP contribution >= 0.6 is 11.6 Å². The van der Waals surface area contributed by atoms with Crippen molar-refractivity contribution < 1.29 is 13.2 Å². The summed E-state index contributed by atoms with van der Waals surface area (Å²) in [6, 6.07) is 11.1. The minimum Gasteiger partial charge on any atom is -0.360 e. The van der Waals surface area contributed by atoms with Gasteiger partial charge in [0.15, 0.2) is 0 Å². The van der Waals surface area contributed by atoms with Crippen molar-refractivity contribution in [3.8, 4) is 0 Å². The number of sulfonamides is 1. The summed E-state index contributed by atoms with van der Waals surface area (Å²) < 4.78 is 23.9. The van der Waals surface area contributed by atoms with Gasteiger partial charge in [-0.3, -0.25) is 4.79 Å². The van der Waals surface area contributed by atoms with Gasteiger partial charge in [0.05, 0.1) is 11.3 Å². The summed E-state index contributed by atoms with van der Waals surface area (Å²) in [7, 11) is -4.08. The van der Waals surface area contributed by atoms with Crippen molar-refractivity contribution in [2.24, 2.45) is 5.14 Å². The van der Waals surface area contributed by atoms with E-state index in [1.807, 2.05) is 0 Å². The highest BCUT2D eigenvalue weighted by molar-refractivity contribution is 7.89. The number of primary sulfonamides is 1. The molecule has 9 heteroatoms. The van der Waals surface area contributed by atoms with Gasteiger partial charge in [-0.2, -0.15) is 0 Å². The lowest BCUT2D eigenvalue weighted by Crippen LogP contribution is -2.17. The van der Waals surface area contributed by atoms with E-state index < -0.39 is 15.9 Å². The lowest BCUT2D eigenvalue weighted by Gasteiger charge is -2.11. The first-order valence-corrected chi connectivity index (χ1v) is 9.58. The zero-order valence-electron chi connectivity index (χ0n) is 13.8. The first-order valence-electron chi connectivity index (χ1n) is 7.66. The highest BCUT2D eigenvalue weighted by atomic mass is 35.5. The van der Waals surface area contributed by atoms with Crippen molar-refractivity contribution in [3.05, 3.63) is 70.7 Å². The van der Waals surface area contributed by atoms with Crippen LogP contribution in [0.5, 0.6) is 0 Å². The molecule has 0 atom stereocenters. The van der Waals surface area contributed by atoms with Gasteiger partial charge in [0.2, 0.25) is 15.9 Å². The number of nitrogens with zero attached hydrogens (tertiary/aromatic N) is 2. The molecule has 1 amide bonds. The molecule has 3 aromatic rings. The minimum absolute atomic E-state index is 0.00509. The van der Waals surface area contributed by atoms with Crippen molar-refractivity contribution in [1.82, 2.24) is 4.98 Å². The third kappa shape index (κ3) is 4.06. The highest BCUT2D eigenvalue weighted by Crippen LogP contribution is 2.32. The fourth-order valence-electron chi connectivity index (χ4n) is 2.65. The average Bonchev–Trinajstić information content (AvgIpc) is 2.61. The van der Waals surface area contributed by atoms with Crippen molar-refractivity contribution in [2.75, 3.05) is 5.32 Å². The van der Waals surface area contributed by atoms with Crippen molar-refractivity contribution in [1.29, 1.82) is 0 Å². The number of hydrogen-bond acceptors (Lipinski definition) is 4. The Morgan fingerprint density at radius 3 is 2.63 bits per heavy atom. The third-order valence-electron chi connectivity index (χ3n) is 3.83. The molecule has 3 N–H and O–H groups in total. The van der Waals surface area contributed by atoms with E-state index >= 15 is 0 Å². The second kappa shape index (κ2) is 7.32. The van der Waals surface area contributed by atoms with E-state index in [1.165, 1.54) is 24.4 Å².